The van der Waals surface area contributed by atoms with E-state index in [1.54, 1.807) is 20.8 Å². The molecule has 1 aliphatic carbocycles. The van der Waals surface area contributed by atoms with E-state index in [-0.39, 0.29) is 36.2 Å². The fourth-order valence-electron chi connectivity index (χ4n) is 4.00. The van der Waals surface area contributed by atoms with E-state index in [4.69, 9.17) is 28.4 Å². The number of hydrogen-bond donors (Lipinski definition) is 0. The first kappa shape index (κ1) is 35.5. The summed E-state index contributed by atoms with van der Waals surface area (Å²) in [5.41, 5.74) is 1.19. The van der Waals surface area contributed by atoms with Crippen LogP contribution in [0.2, 0.25) is 0 Å². The zero-order chi connectivity index (χ0) is 29.8. The molecule has 0 aromatic heterocycles. The largest absolute Gasteiger partial charge is 0.462 e. The first-order valence-corrected chi connectivity index (χ1v) is 14.5. The van der Waals surface area contributed by atoms with Crippen molar-refractivity contribution < 1.29 is 42.8 Å². The number of esters is 3. The second-order valence-corrected chi connectivity index (χ2v) is 10.3. The molecule has 9 heteroatoms. The Balaban J connectivity index is 2.47. The number of carbonyl (C=O) groups excluding carboxylic acids is 3. The van der Waals surface area contributed by atoms with Crippen LogP contribution in [0, 0.1) is 0 Å². The topological polar surface area (TPSA) is 107 Å². The van der Waals surface area contributed by atoms with Gasteiger partial charge in [0.15, 0.2) is 0 Å². The fourth-order valence-corrected chi connectivity index (χ4v) is 4.00. The van der Waals surface area contributed by atoms with Gasteiger partial charge in [0.05, 0.1) is 32.0 Å². The van der Waals surface area contributed by atoms with Crippen LogP contribution >= 0.6 is 0 Å². The lowest BCUT2D eigenvalue weighted by Gasteiger charge is -2.37. The second kappa shape index (κ2) is 21.3. The number of carbonyl (C=O) groups is 3. The zero-order valence-corrected chi connectivity index (χ0v) is 24.8. The summed E-state index contributed by atoms with van der Waals surface area (Å²) in [6.07, 6.45) is 7.86. The number of ether oxygens (including phenoxy) is 6. The predicted molar refractivity (Wildman–Crippen MR) is 153 cm³/mol. The minimum atomic E-state index is -0.376. The SMILES string of the molecule is C=C(C)C(=O)OCCCCCOC1CCCC(OCCCCOC(=O)C(=C)C)C1OCCCCOC(=O)C(=C)C. The van der Waals surface area contributed by atoms with Crippen molar-refractivity contribution in [1.82, 2.24) is 0 Å². The Labute approximate surface area is 240 Å². The zero-order valence-electron chi connectivity index (χ0n) is 24.8. The first-order chi connectivity index (χ1) is 19.1. The van der Waals surface area contributed by atoms with Crippen molar-refractivity contribution in [2.45, 2.75) is 103 Å². The Morgan fingerprint density at radius 2 is 0.850 bits per heavy atom. The van der Waals surface area contributed by atoms with Crippen molar-refractivity contribution in [2.24, 2.45) is 0 Å². The molecule has 0 spiro atoms. The molecule has 0 aromatic carbocycles. The lowest BCUT2D eigenvalue weighted by molar-refractivity contribution is -0.160. The average Bonchev–Trinajstić information content (AvgIpc) is 2.91. The molecule has 1 rings (SSSR count). The molecular weight excluding hydrogens is 516 g/mol. The summed E-state index contributed by atoms with van der Waals surface area (Å²) in [4.78, 5) is 34.5. The van der Waals surface area contributed by atoms with Crippen molar-refractivity contribution in [3.63, 3.8) is 0 Å². The molecule has 0 aromatic rings. The smallest absolute Gasteiger partial charge is 0.333 e. The molecule has 40 heavy (non-hydrogen) atoms. The Morgan fingerprint density at radius 1 is 0.525 bits per heavy atom. The monoisotopic (exact) mass is 566 g/mol. The molecular formula is C31H50O9. The van der Waals surface area contributed by atoms with Gasteiger partial charge in [0.2, 0.25) is 0 Å². The van der Waals surface area contributed by atoms with Gasteiger partial charge in [-0.2, -0.15) is 0 Å². The van der Waals surface area contributed by atoms with E-state index in [2.05, 4.69) is 19.7 Å². The van der Waals surface area contributed by atoms with Crippen molar-refractivity contribution in [3.8, 4) is 0 Å². The van der Waals surface area contributed by atoms with Crippen LogP contribution in [-0.2, 0) is 42.8 Å². The molecule has 0 heterocycles. The molecule has 0 aliphatic heterocycles. The average molecular weight is 567 g/mol. The molecule has 0 amide bonds. The second-order valence-electron chi connectivity index (χ2n) is 10.3. The lowest BCUT2D eigenvalue weighted by atomic mass is 9.91. The fraction of sp³-hybridized carbons (Fsp3) is 0.710. The van der Waals surface area contributed by atoms with E-state index < -0.39 is 0 Å². The maximum absolute atomic E-state index is 11.5. The molecule has 0 radical (unpaired) electrons. The van der Waals surface area contributed by atoms with Crippen molar-refractivity contribution in [1.29, 1.82) is 0 Å². The quantitative estimate of drug-likeness (QED) is 0.0735. The van der Waals surface area contributed by atoms with Gasteiger partial charge >= 0.3 is 17.9 Å². The van der Waals surface area contributed by atoms with Crippen LogP contribution in [0.3, 0.4) is 0 Å². The third kappa shape index (κ3) is 15.9. The molecule has 0 bridgehead atoms. The highest BCUT2D eigenvalue weighted by Crippen LogP contribution is 2.27. The summed E-state index contributed by atoms with van der Waals surface area (Å²) in [5, 5.41) is 0. The molecule has 9 nitrogen and oxygen atoms in total. The van der Waals surface area contributed by atoms with Crippen molar-refractivity contribution >= 4 is 17.9 Å². The molecule has 3 atom stereocenters. The standard InChI is InChI=1S/C31H50O9/c1-23(2)29(32)38-20-9-7-8-17-35-26-15-14-16-27(36-18-10-12-21-39-30(33)24(3)4)28(26)37-19-11-13-22-40-31(34)25(5)6/h26-28H,1,3,5,7-22H2,2,4,6H3. The Morgan fingerprint density at radius 3 is 1.25 bits per heavy atom. The number of hydrogen-bond acceptors (Lipinski definition) is 9. The third-order valence-electron chi connectivity index (χ3n) is 6.30. The van der Waals surface area contributed by atoms with Gasteiger partial charge in [-0.15, -0.1) is 0 Å². The van der Waals surface area contributed by atoms with E-state index in [0.29, 0.717) is 69.2 Å². The van der Waals surface area contributed by atoms with Crippen LogP contribution in [0.5, 0.6) is 0 Å². The Hall–Kier alpha value is -2.49. The minimum Gasteiger partial charge on any atom is -0.462 e. The van der Waals surface area contributed by atoms with E-state index in [9.17, 15) is 14.4 Å². The highest BCUT2D eigenvalue weighted by molar-refractivity contribution is 5.87. The van der Waals surface area contributed by atoms with Gasteiger partial charge in [-0.3, -0.25) is 0 Å². The molecule has 228 valence electrons. The maximum atomic E-state index is 11.5. The molecule has 1 aliphatic rings. The van der Waals surface area contributed by atoms with E-state index in [0.717, 1.165) is 51.4 Å². The highest BCUT2D eigenvalue weighted by atomic mass is 16.6. The summed E-state index contributed by atoms with van der Waals surface area (Å²) >= 11 is 0. The van der Waals surface area contributed by atoms with Gasteiger partial charge < -0.3 is 28.4 Å². The summed E-state index contributed by atoms with van der Waals surface area (Å²) in [6.45, 7) is 18.3. The molecule has 3 unspecified atom stereocenters. The summed E-state index contributed by atoms with van der Waals surface area (Å²) < 4.78 is 34.2. The highest BCUT2D eigenvalue weighted by Gasteiger charge is 2.35. The molecule has 0 saturated heterocycles. The van der Waals surface area contributed by atoms with Gasteiger partial charge in [-0.1, -0.05) is 19.7 Å². The van der Waals surface area contributed by atoms with Crippen molar-refractivity contribution in [2.75, 3.05) is 39.6 Å². The van der Waals surface area contributed by atoms with Gasteiger partial charge in [0, 0.05) is 36.5 Å². The van der Waals surface area contributed by atoms with E-state index in [1.807, 2.05) is 0 Å². The number of rotatable bonds is 22. The maximum Gasteiger partial charge on any atom is 0.333 e. The number of unbranched alkanes of at least 4 members (excludes halogenated alkanes) is 4. The molecule has 1 fully saturated rings. The van der Waals surface area contributed by atoms with E-state index >= 15 is 0 Å². The van der Waals surface area contributed by atoms with Gasteiger partial charge in [-0.05, 0) is 85.0 Å². The van der Waals surface area contributed by atoms with Gasteiger partial charge in [0.25, 0.3) is 0 Å². The minimum absolute atomic E-state index is 0.0715. The normalized spacial score (nSPS) is 18.5. The Kier molecular flexibility index (Phi) is 18.9. The molecule has 1 saturated carbocycles. The summed E-state index contributed by atoms with van der Waals surface area (Å²) in [5.74, 6) is -1.10. The summed E-state index contributed by atoms with van der Waals surface area (Å²) in [6, 6.07) is 0. The van der Waals surface area contributed by atoms with Crippen LogP contribution in [0.1, 0.15) is 85.0 Å². The van der Waals surface area contributed by atoms with E-state index in [1.165, 1.54) is 0 Å². The van der Waals surface area contributed by atoms with Gasteiger partial charge in [-0.25, -0.2) is 14.4 Å². The van der Waals surface area contributed by atoms with Crippen molar-refractivity contribution in [3.05, 3.63) is 36.5 Å². The van der Waals surface area contributed by atoms with Crippen LogP contribution in [-0.4, -0.2) is 75.9 Å². The lowest BCUT2D eigenvalue weighted by Crippen LogP contribution is -2.46. The van der Waals surface area contributed by atoms with Crippen LogP contribution in [0.25, 0.3) is 0 Å². The Bertz CT molecular complexity index is 820. The third-order valence-corrected chi connectivity index (χ3v) is 6.30. The predicted octanol–water partition coefficient (Wildman–Crippen LogP) is 5.41. The van der Waals surface area contributed by atoms with Crippen LogP contribution in [0.4, 0.5) is 0 Å². The first-order valence-electron chi connectivity index (χ1n) is 14.5. The molecule has 0 N–H and O–H groups in total. The summed E-state index contributed by atoms with van der Waals surface area (Å²) in [7, 11) is 0. The van der Waals surface area contributed by atoms with Gasteiger partial charge in [0.1, 0.15) is 6.10 Å². The van der Waals surface area contributed by atoms with Crippen LogP contribution < -0.4 is 0 Å². The van der Waals surface area contributed by atoms with Crippen LogP contribution in [0.15, 0.2) is 36.5 Å².